The Morgan fingerprint density at radius 2 is 1.87 bits per heavy atom. The number of aryl methyl sites for hydroxylation is 2. The van der Waals surface area contributed by atoms with E-state index in [4.69, 9.17) is 4.74 Å². The number of pyridine rings is 1. The highest BCUT2D eigenvalue weighted by Gasteiger charge is 2.27. The summed E-state index contributed by atoms with van der Waals surface area (Å²) in [5.41, 5.74) is 7.34. The molecule has 1 saturated heterocycles. The lowest BCUT2D eigenvalue weighted by Crippen LogP contribution is -2.51. The van der Waals surface area contributed by atoms with Crippen LogP contribution in [-0.4, -0.2) is 42.2 Å². The summed E-state index contributed by atoms with van der Waals surface area (Å²) in [7, 11) is 1.77. The Kier molecular flexibility index (Phi) is 6.33. The van der Waals surface area contributed by atoms with Crippen LogP contribution in [0.2, 0.25) is 0 Å². The van der Waals surface area contributed by atoms with Crippen LogP contribution in [-0.2, 0) is 4.74 Å². The second-order valence-electron chi connectivity index (χ2n) is 8.20. The largest absolute Gasteiger partial charge is 0.411 e. The van der Waals surface area contributed by atoms with Gasteiger partial charge in [0, 0.05) is 55.7 Å². The summed E-state index contributed by atoms with van der Waals surface area (Å²) < 4.78 is 5.39. The van der Waals surface area contributed by atoms with Crippen LogP contribution in [0, 0.1) is 13.8 Å². The first-order valence-corrected chi connectivity index (χ1v) is 10.7. The molecule has 31 heavy (non-hydrogen) atoms. The molecule has 2 heterocycles. The van der Waals surface area contributed by atoms with E-state index in [2.05, 4.69) is 70.5 Å². The van der Waals surface area contributed by atoms with Crippen molar-refractivity contribution < 1.29 is 9.94 Å². The molecule has 0 aliphatic carbocycles. The van der Waals surface area contributed by atoms with E-state index < -0.39 is 0 Å². The molecule has 5 heteroatoms. The van der Waals surface area contributed by atoms with Gasteiger partial charge in [-0.3, -0.25) is 4.98 Å². The van der Waals surface area contributed by atoms with Crippen LogP contribution < -0.4 is 4.90 Å². The Balaban J connectivity index is 1.64. The number of oxime groups is 1. The predicted octanol–water partition coefficient (Wildman–Crippen LogP) is 4.93. The van der Waals surface area contributed by atoms with Crippen molar-refractivity contribution in [1.82, 2.24) is 4.98 Å². The van der Waals surface area contributed by atoms with E-state index in [-0.39, 0.29) is 5.92 Å². The van der Waals surface area contributed by atoms with Gasteiger partial charge in [0.05, 0.1) is 11.8 Å². The number of benzene rings is 2. The van der Waals surface area contributed by atoms with Crippen LogP contribution in [0.25, 0.3) is 0 Å². The molecular formula is C26H29N3O2. The highest BCUT2D eigenvalue weighted by molar-refractivity contribution is 6.01. The highest BCUT2D eigenvalue weighted by Crippen LogP contribution is 2.33. The molecule has 1 unspecified atom stereocenters. The zero-order valence-electron chi connectivity index (χ0n) is 18.3. The zero-order chi connectivity index (χ0) is 21.8. The first-order chi connectivity index (χ1) is 15.1. The monoisotopic (exact) mass is 415 g/mol. The lowest BCUT2D eigenvalue weighted by atomic mass is 9.83. The Hall–Kier alpha value is -3.18. The first-order valence-electron chi connectivity index (χ1n) is 10.7. The number of rotatable bonds is 7. The molecule has 1 N–H and O–H groups in total. The van der Waals surface area contributed by atoms with Gasteiger partial charge in [0.15, 0.2) is 0 Å². The Labute approximate surface area is 184 Å². The summed E-state index contributed by atoms with van der Waals surface area (Å²) in [4.78, 5) is 6.59. The second-order valence-corrected chi connectivity index (χ2v) is 8.20. The Bertz CT molecular complexity index is 1060. The van der Waals surface area contributed by atoms with E-state index >= 15 is 0 Å². The zero-order valence-corrected chi connectivity index (χ0v) is 18.3. The maximum Gasteiger partial charge on any atom is 0.0920 e. The maximum absolute atomic E-state index is 9.84. The fourth-order valence-electron chi connectivity index (χ4n) is 4.24. The molecule has 160 valence electrons. The highest BCUT2D eigenvalue weighted by atomic mass is 16.5. The number of ether oxygens (including phenoxy) is 1. The third-order valence-electron chi connectivity index (χ3n) is 6.15. The number of methoxy groups -OCH3 is 1. The molecule has 0 amide bonds. The predicted molar refractivity (Wildman–Crippen MR) is 124 cm³/mol. The second kappa shape index (κ2) is 9.31. The molecule has 4 rings (SSSR count). The summed E-state index contributed by atoms with van der Waals surface area (Å²) in [5, 5.41) is 13.5. The van der Waals surface area contributed by atoms with Gasteiger partial charge in [-0.1, -0.05) is 41.6 Å². The van der Waals surface area contributed by atoms with Crippen molar-refractivity contribution in [2.75, 3.05) is 25.1 Å². The van der Waals surface area contributed by atoms with Crippen LogP contribution in [0.1, 0.15) is 40.3 Å². The number of aromatic nitrogens is 1. The van der Waals surface area contributed by atoms with Crippen molar-refractivity contribution >= 4 is 11.4 Å². The van der Waals surface area contributed by atoms with Crippen LogP contribution in [0.15, 0.2) is 72.0 Å². The van der Waals surface area contributed by atoms with Crippen LogP contribution in [0.3, 0.4) is 0 Å². The van der Waals surface area contributed by atoms with Crippen LogP contribution in [0.5, 0.6) is 0 Å². The molecule has 5 nitrogen and oxygen atoms in total. The quantitative estimate of drug-likeness (QED) is 0.338. The average molecular weight is 416 g/mol. The van der Waals surface area contributed by atoms with Crippen molar-refractivity contribution in [2.24, 2.45) is 5.16 Å². The summed E-state index contributed by atoms with van der Waals surface area (Å²) in [6.45, 7) is 5.94. The van der Waals surface area contributed by atoms with Gasteiger partial charge in [-0.2, -0.15) is 0 Å². The minimum atomic E-state index is 0.0812. The number of nitrogens with zero attached hydrogens (tertiary/aromatic N) is 3. The van der Waals surface area contributed by atoms with E-state index in [0.717, 1.165) is 24.3 Å². The first kappa shape index (κ1) is 21.1. The van der Waals surface area contributed by atoms with Crippen LogP contribution >= 0.6 is 0 Å². The molecule has 0 bridgehead atoms. The molecular weight excluding hydrogens is 386 g/mol. The lowest BCUT2D eigenvalue weighted by molar-refractivity contribution is 0.0788. The fourth-order valence-corrected chi connectivity index (χ4v) is 4.24. The average Bonchev–Trinajstić information content (AvgIpc) is 2.75. The molecule has 0 saturated carbocycles. The maximum atomic E-state index is 9.84. The fraction of sp³-hybridized carbons (Fsp3) is 0.308. The molecule has 2 aromatic carbocycles. The summed E-state index contributed by atoms with van der Waals surface area (Å²) in [5.74, 6) is 0.0812. The molecule has 1 atom stereocenters. The van der Waals surface area contributed by atoms with Crippen LogP contribution in [0.4, 0.5) is 5.69 Å². The van der Waals surface area contributed by atoms with Gasteiger partial charge in [0.1, 0.15) is 0 Å². The van der Waals surface area contributed by atoms with E-state index in [0.29, 0.717) is 18.2 Å². The van der Waals surface area contributed by atoms with Crippen molar-refractivity contribution in [3.05, 3.63) is 94.8 Å². The minimum Gasteiger partial charge on any atom is -0.411 e. The van der Waals surface area contributed by atoms with E-state index in [9.17, 15) is 5.21 Å². The van der Waals surface area contributed by atoms with Crippen molar-refractivity contribution in [1.29, 1.82) is 0 Å². The lowest BCUT2D eigenvalue weighted by Gasteiger charge is -2.40. The van der Waals surface area contributed by atoms with Gasteiger partial charge >= 0.3 is 0 Å². The summed E-state index contributed by atoms with van der Waals surface area (Å²) >= 11 is 0. The van der Waals surface area contributed by atoms with Gasteiger partial charge in [-0.05, 0) is 54.8 Å². The molecule has 1 fully saturated rings. The molecule has 1 aliphatic heterocycles. The van der Waals surface area contributed by atoms with Gasteiger partial charge in [-0.25, -0.2) is 0 Å². The molecule has 1 aliphatic rings. The third kappa shape index (κ3) is 4.62. The molecule has 1 aromatic heterocycles. The van der Waals surface area contributed by atoms with E-state index in [1.165, 1.54) is 22.4 Å². The molecule has 0 radical (unpaired) electrons. The molecule has 0 spiro atoms. The third-order valence-corrected chi connectivity index (χ3v) is 6.15. The van der Waals surface area contributed by atoms with Crippen molar-refractivity contribution in [2.45, 2.75) is 32.3 Å². The Morgan fingerprint density at radius 3 is 2.52 bits per heavy atom. The standard InChI is InChI=1S/C26H29N3O2/c1-18-6-4-5-7-24(18)25(15-26(28-30)21-12-13-27-19(2)14-21)20-8-10-22(11-9-20)29-16-23(17-29)31-3/h4-14,23,25,30H,15-17H2,1-3H3. The molecule has 3 aromatic rings. The summed E-state index contributed by atoms with van der Waals surface area (Å²) in [6, 6.07) is 21.0. The number of hydrogen-bond acceptors (Lipinski definition) is 5. The van der Waals surface area contributed by atoms with Crippen molar-refractivity contribution in [3.63, 3.8) is 0 Å². The SMILES string of the molecule is COC1CN(c2ccc(C(CC(=NO)c3ccnc(C)c3)c3ccccc3C)cc2)C1. The van der Waals surface area contributed by atoms with E-state index in [1.54, 1.807) is 13.3 Å². The minimum absolute atomic E-state index is 0.0812. The Morgan fingerprint density at radius 1 is 1.13 bits per heavy atom. The summed E-state index contributed by atoms with van der Waals surface area (Å²) in [6.07, 6.45) is 2.68. The van der Waals surface area contributed by atoms with Gasteiger partial charge < -0.3 is 14.8 Å². The van der Waals surface area contributed by atoms with Crippen molar-refractivity contribution in [3.8, 4) is 0 Å². The normalized spacial score (nSPS) is 15.6. The topological polar surface area (TPSA) is 58.0 Å². The van der Waals surface area contributed by atoms with Gasteiger partial charge in [0.25, 0.3) is 0 Å². The van der Waals surface area contributed by atoms with Gasteiger partial charge in [-0.15, -0.1) is 0 Å². The smallest absolute Gasteiger partial charge is 0.0920 e. The number of anilines is 1. The van der Waals surface area contributed by atoms with Gasteiger partial charge in [0.2, 0.25) is 0 Å². The van der Waals surface area contributed by atoms with E-state index in [1.807, 2.05) is 19.1 Å². The number of hydrogen-bond donors (Lipinski definition) is 1.